The van der Waals surface area contributed by atoms with Crippen molar-refractivity contribution in [2.75, 3.05) is 0 Å². The van der Waals surface area contributed by atoms with Crippen molar-refractivity contribution in [3.05, 3.63) is 34.6 Å². The molecule has 3 N–H and O–H groups in total. The summed E-state index contributed by atoms with van der Waals surface area (Å²) in [6, 6.07) is -1.45. The molecular formula is C9H5F6N3O. The van der Waals surface area contributed by atoms with Gasteiger partial charge in [-0.3, -0.25) is 0 Å². The van der Waals surface area contributed by atoms with Crippen LogP contribution in [0.4, 0.5) is 31.1 Å². The van der Waals surface area contributed by atoms with Crippen molar-refractivity contribution in [1.29, 1.82) is 0 Å². The average Bonchev–Trinajstić information content (AvgIpc) is 2.27. The average molecular weight is 285 g/mol. The molecule has 0 aliphatic rings. The van der Waals surface area contributed by atoms with E-state index in [0.29, 0.717) is 0 Å². The highest BCUT2D eigenvalue weighted by Crippen LogP contribution is 2.34. The largest absolute Gasteiger partial charge is 0.417 e. The number of hydrazone groups is 1. The Bertz CT molecular complexity index is 540. The van der Waals surface area contributed by atoms with Crippen LogP contribution in [0.2, 0.25) is 0 Å². The lowest BCUT2D eigenvalue weighted by molar-refractivity contribution is -0.138. The van der Waals surface area contributed by atoms with Crippen molar-refractivity contribution in [3.63, 3.8) is 0 Å². The van der Waals surface area contributed by atoms with Crippen molar-refractivity contribution in [2.45, 2.75) is 6.18 Å². The molecular weight excluding hydrogens is 280 g/mol. The predicted molar refractivity (Wildman–Crippen MR) is 51.6 cm³/mol. The number of hydrogen-bond donors (Lipinski definition) is 2. The van der Waals surface area contributed by atoms with Crippen LogP contribution in [0.3, 0.4) is 0 Å². The molecule has 0 spiro atoms. The Kier molecular flexibility index (Phi) is 4.02. The first-order valence-corrected chi connectivity index (χ1v) is 4.47. The fourth-order valence-electron chi connectivity index (χ4n) is 1.13. The van der Waals surface area contributed by atoms with E-state index in [-0.39, 0.29) is 12.3 Å². The molecule has 0 fully saturated rings. The summed E-state index contributed by atoms with van der Waals surface area (Å²) in [6.07, 6.45) is -4.96. The maximum atomic E-state index is 13.2. The van der Waals surface area contributed by atoms with Crippen molar-refractivity contribution in [1.82, 2.24) is 5.43 Å². The molecule has 1 rings (SSSR count). The highest BCUT2D eigenvalue weighted by molar-refractivity contribution is 5.84. The predicted octanol–water partition coefficient (Wildman–Crippen LogP) is 2.12. The summed E-state index contributed by atoms with van der Waals surface area (Å²) in [5.74, 6) is -6.17. The minimum atomic E-state index is -5.14. The number of rotatable bonds is 2. The number of hydrogen-bond acceptors (Lipinski definition) is 2. The number of halogens is 6. The number of urea groups is 1. The van der Waals surface area contributed by atoms with E-state index in [2.05, 4.69) is 10.8 Å². The first-order valence-electron chi connectivity index (χ1n) is 4.47. The lowest BCUT2D eigenvalue weighted by Gasteiger charge is -2.11. The number of benzene rings is 1. The Balaban J connectivity index is 3.38. The van der Waals surface area contributed by atoms with E-state index >= 15 is 0 Å². The molecule has 0 aromatic heterocycles. The Labute approximate surface area is 101 Å². The summed E-state index contributed by atoms with van der Waals surface area (Å²) in [5.41, 5.74) is 2.91. The van der Waals surface area contributed by atoms with Gasteiger partial charge in [-0.1, -0.05) is 0 Å². The zero-order chi connectivity index (χ0) is 14.8. The van der Waals surface area contributed by atoms with Gasteiger partial charge in [0.25, 0.3) is 0 Å². The summed E-state index contributed by atoms with van der Waals surface area (Å²) in [5, 5.41) is 2.87. The molecule has 0 unspecified atom stereocenters. The maximum Gasteiger partial charge on any atom is 0.417 e. The van der Waals surface area contributed by atoms with E-state index in [9.17, 15) is 31.1 Å². The zero-order valence-electron chi connectivity index (χ0n) is 8.86. The second kappa shape index (κ2) is 5.16. The quantitative estimate of drug-likeness (QED) is 0.371. The Morgan fingerprint density at radius 1 is 1.26 bits per heavy atom. The van der Waals surface area contributed by atoms with Crippen LogP contribution in [0.25, 0.3) is 0 Å². The van der Waals surface area contributed by atoms with Gasteiger partial charge < -0.3 is 5.73 Å². The SMILES string of the molecule is NC(=O)NN=Cc1c(C(F)(F)F)cc(F)c(F)c1F. The van der Waals surface area contributed by atoms with Gasteiger partial charge in [0.15, 0.2) is 17.5 Å². The zero-order valence-corrected chi connectivity index (χ0v) is 8.86. The molecule has 0 radical (unpaired) electrons. The lowest BCUT2D eigenvalue weighted by Crippen LogP contribution is -2.24. The molecule has 0 atom stereocenters. The number of carbonyl (C=O) groups excluding carboxylic acids is 1. The Hall–Kier alpha value is -2.26. The van der Waals surface area contributed by atoms with Gasteiger partial charge in [0.1, 0.15) is 0 Å². The van der Waals surface area contributed by atoms with Gasteiger partial charge in [0.2, 0.25) is 0 Å². The minimum Gasteiger partial charge on any atom is -0.350 e. The maximum absolute atomic E-state index is 13.2. The third-order valence-corrected chi connectivity index (χ3v) is 1.87. The lowest BCUT2D eigenvalue weighted by atomic mass is 10.1. The van der Waals surface area contributed by atoms with Gasteiger partial charge in [0.05, 0.1) is 11.8 Å². The molecule has 19 heavy (non-hydrogen) atoms. The third-order valence-electron chi connectivity index (χ3n) is 1.87. The van der Waals surface area contributed by atoms with E-state index in [1.165, 1.54) is 5.43 Å². The number of alkyl halides is 3. The second-order valence-corrected chi connectivity index (χ2v) is 3.18. The van der Waals surface area contributed by atoms with Crippen LogP contribution in [0.15, 0.2) is 11.2 Å². The number of nitrogens with two attached hydrogens (primary N) is 1. The Morgan fingerprint density at radius 2 is 1.84 bits per heavy atom. The molecule has 0 aliphatic heterocycles. The molecule has 1 aromatic carbocycles. The van der Waals surface area contributed by atoms with E-state index in [0.717, 1.165) is 0 Å². The van der Waals surface area contributed by atoms with Crippen molar-refractivity contribution >= 4 is 12.2 Å². The molecule has 1 aromatic rings. The first-order chi connectivity index (χ1) is 8.64. The van der Waals surface area contributed by atoms with Crippen LogP contribution in [-0.2, 0) is 6.18 Å². The minimum absolute atomic E-state index is 0.172. The Morgan fingerprint density at radius 3 is 2.32 bits per heavy atom. The first kappa shape index (κ1) is 14.8. The van der Waals surface area contributed by atoms with Gasteiger partial charge in [-0.05, 0) is 6.07 Å². The molecule has 10 heteroatoms. The standard InChI is InChI=1S/C9H5F6N3O/c10-5-1-4(9(13,14)15)3(6(11)7(5)12)2-17-18-8(16)19/h1-2H,(H3,16,18,19). The van der Waals surface area contributed by atoms with Crippen molar-refractivity contribution < 1.29 is 31.1 Å². The van der Waals surface area contributed by atoms with Gasteiger partial charge in [-0.2, -0.15) is 18.3 Å². The van der Waals surface area contributed by atoms with Crippen molar-refractivity contribution in [2.24, 2.45) is 10.8 Å². The van der Waals surface area contributed by atoms with E-state index < -0.39 is 40.8 Å². The molecule has 0 bridgehead atoms. The van der Waals surface area contributed by atoms with Crippen LogP contribution in [0, 0.1) is 17.5 Å². The fraction of sp³-hybridized carbons (Fsp3) is 0.111. The smallest absolute Gasteiger partial charge is 0.350 e. The summed E-state index contributed by atoms with van der Waals surface area (Å²) in [4.78, 5) is 10.2. The van der Waals surface area contributed by atoms with E-state index in [1.54, 1.807) is 0 Å². The summed E-state index contributed by atoms with van der Waals surface area (Å²) < 4.78 is 76.3. The number of carbonyl (C=O) groups is 1. The van der Waals surface area contributed by atoms with Gasteiger partial charge in [-0.25, -0.2) is 23.4 Å². The van der Waals surface area contributed by atoms with Gasteiger partial charge >= 0.3 is 12.2 Å². The summed E-state index contributed by atoms with van der Waals surface area (Å²) in [7, 11) is 0. The van der Waals surface area contributed by atoms with Crippen molar-refractivity contribution in [3.8, 4) is 0 Å². The van der Waals surface area contributed by atoms with Gasteiger partial charge in [0, 0.05) is 5.56 Å². The summed E-state index contributed by atoms with van der Waals surface area (Å²) in [6.45, 7) is 0. The van der Waals surface area contributed by atoms with E-state index in [4.69, 9.17) is 0 Å². The topological polar surface area (TPSA) is 67.5 Å². The highest BCUT2D eigenvalue weighted by Gasteiger charge is 2.36. The van der Waals surface area contributed by atoms with Crippen LogP contribution in [0.5, 0.6) is 0 Å². The molecule has 4 nitrogen and oxygen atoms in total. The number of amides is 2. The second-order valence-electron chi connectivity index (χ2n) is 3.18. The monoisotopic (exact) mass is 285 g/mol. The molecule has 104 valence electrons. The molecule has 0 saturated heterocycles. The van der Waals surface area contributed by atoms with Crippen LogP contribution < -0.4 is 11.2 Å². The van der Waals surface area contributed by atoms with Crippen LogP contribution >= 0.6 is 0 Å². The number of nitrogens with zero attached hydrogens (tertiary/aromatic N) is 1. The van der Waals surface area contributed by atoms with E-state index in [1.807, 2.05) is 0 Å². The van der Waals surface area contributed by atoms with Gasteiger partial charge in [-0.15, -0.1) is 0 Å². The third kappa shape index (κ3) is 3.36. The van der Waals surface area contributed by atoms with Crippen LogP contribution in [-0.4, -0.2) is 12.2 Å². The summed E-state index contributed by atoms with van der Waals surface area (Å²) >= 11 is 0. The molecule has 0 aliphatic carbocycles. The normalized spacial score (nSPS) is 11.9. The molecule has 0 heterocycles. The fourth-order valence-corrected chi connectivity index (χ4v) is 1.13. The number of nitrogens with one attached hydrogen (secondary N) is 1. The van der Waals surface area contributed by atoms with Crippen LogP contribution in [0.1, 0.15) is 11.1 Å². The highest BCUT2D eigenvalue weighted by atomic mass is 19.4. The molecule has 0 saturated carbocycles. The molecule has 2 amide bonds. The number of primary amides is 1.